The normalized spacial score (nSPS) is 10.6. The zero-order valence-corrected chi connectivity index (χ0v) is 17.7. The van der Waals surface area contributed by atoms with Crippen molar-refractivity contribution >= 4 is 79.6 Å². The van der Waals surface area contributed by atoms with Crippen LogP contribution in [0.5, 0.6) is 0 Å². The average molecular weight is 579 g/mol. The van der Waals surface area contributed by atoms with E-state index >= 15 is 0 Å². The average Bonchev–Trinajstić information content (AvgIpc) is 2.38. The molecule has 0 saturated carbocycles. The van der Waals surface area contributed by atoms with Crippen molar-refractivity contribution in [2.75, 3.05) is 0 Å². The summed E-state index contributed by atoms with van der Waals surface area (Å²) in [4.78, 5) is 0. The van der Waals surface area contributed by atoms with E-state index in [9.17, 15) is 0 Å². The molecule has 2 rings (SSSR count). The number of halogens is 5. The highest BCUT2D eigenvalue weighted by Crippen LogP contribution is 2.39. The zero-order valence-electron chi connectivity index (χ0n) is 9.79. The Labute approximate surface area is 156 Å². The minimum atomic E-state index is -0.250. The second kappa shape index (κ2) is 8.98. The van der Waals surface area contributed by atoms with Crippen LogP contribution in [0, 0.1) is 0 Å². The molecule has 0 bridgehead atoms. The molecule has 102 valence electrons. The fraction of sp³-hybridized carbons (Fsp3) is 0.143. The maximum Gasteiger partial charge on any atom is 0.189 e. The predicted octanol–water partition coefficient (Wildman–Crippen LogP) is 7.43. The summed E-state index contributed by atoms with van der Waals surface area (Å²) in [5.41, 5.74) is 3.86. The van der Waals surface area contributed by atoms with E-state index < -0.39 is 0 Å². The van der Waals surface area contributed by atoms with E-state index in [2.05, 4.69) is 128 Å². The molecule has 0 unspecified atom stereocenters. The second-order valence-corrected chi connectivity index (χ2v) is 15.3. The number of rotatable bonds is 2. The molecular weight excluding hydrogens is 568 g/mol. The van der Waals surface area contributed by atoms with E-state index in [1.807, 2.05) is 6.07 Å². The molecule has 0 atom stereocenters. The van der Waals surface area contributed by atoms with Crippen LogP contribution in [0.1, 0.15) is 5.56 Å². The standard InChI is InChI=1S/C13H11Br.CBr4/c14-10-11-6-8-13(9-7-11)12-4-2-1-3-5-12;2-1(3,4)5/h1-9H,10H2;. The Morgan fingerprint density at radius 1 is 0.684 bits per heavy atom. The lowest BCUT2D eigenvalue weighted by atomic mass is 10.0. The monoisotopic (exact) mass is 574 g/mol. The van der Waals surface area contributed by atoms with Crippen LogP contribution in [-0.2, 0) is 5.33 Å². The van der Waals surface area contributed by atoms with Gasteiger partial charge in [0.2, 0.25) is 0 Å². The van der Waals surface area contributed by atoms with Gasteiger partial charge in [-0.2, -0.15) is 0 Å². The summed E-state index contributed by atoms with van der Waals surface area (Å²) >= 11 is 15.9. The lowest BCUT2D eigenvalue weighted by Crippen LogP contribution is -1.79. The molecule has 0 heterocycles. The third kappa shape index (κ3) is 8.66. The first-order valence-electron chi connectivity index (χ1n) is 5.36. The molecular formula is C14H11Br5. The summed E-state index contributed by atoms with van der Waals surface area (Å²) in [6.07, 6.45) is 0. The number of hydrogen-bond acceptors (Lipinski definition) is 0. The topological polar surface area (TPSA) is 0 Å². The van der Waals surface area contributed by atoms with Gasteiger partial charge in [0, 0.05) is 5.33 Å². The third-order valence-corrected chi connectivity index (χ3v) is 2.86. The molecule has 0 nitrogen and oxygen atoms in total. The first-order chi connectivity index (χ1) is 8.90. The first kappa shape index (κ1) is 17.9. The van der Waals surface area contributed by atoms with Gasteiger partial charge in [0.25, 0.3) is 0 Å². The van der Waals surface area contributed by atoms with Crippen molar-refractivity contribution in [2.45, 2.75) is 6.38 Å². The van der Waals surface area contributed by atoms with E-state index in [4.69, 9.17) is 0 Å². The summed E-state index contributed by atoms with van der Waals surface area (Å²) in [5, 5.41) is 0.919. The largest absolute Gasteiger partial charge is 0.189 e. The Bertz CT molecular complexity index is 467. The SMILES string of the molecule is BrC(Br)(Br)Br.BrCc1ccc(-c2ccccc2)cc1. The Balaban J connectivity index is 0.000000312. The maximum absolute atomic E-state index is 3.44. The Morgan fingerprint density at radius 2 is 1.11 bits per heavy atom. The molecule has 0 spiro atoms. The number of benzene rings is 2. The molecule has 0 saturated heterocycles. The van der Waals surface area contributed by atoms with Gasteiger partial charge < -0.3 is 0 Å². The molecule has 0 amide bonds. The molecule has 2 aromatic carbocycles. The Hall–Kier alpha value is 0.840. The smallest absolute Gasteiger partial charge is 0.0876 e. The molecule has 0 fully saturated rings. The molecule has 2 aromatic rings. The van der Waals surface area contributed by atoms with Gasteiger partial charge in [0.1, 0.15) is 0 Å². The molecule has 0 radical (unpaired) electrons. The molecule has 0 N–H and O–H groups in total. The van der Waals surface area contributed by atoms with Crippen molar-refractivity contribution in [3.05, 3.63) is 60.2 Å². The van der Waals surface area contributed by atoms with E-state index in [0.29, 0.717) is 0 Å². The molecule has 5 heteroatoms. The van der Waals surface area contributed by atoms with Crippen LogP contribution in [0.15, 0.2) is 54.6 Å². The van der Waals surface area contributed by atoms with E-state index in [1.165, 1.54) is 16.7 Å². The third-order valence-electron chi connectivity index (χ3n) is 2.22. The van der Waals surface area contributed by atoms with Crippen LogP contribution in [0.4, 0.5) is 0 Å². The van der Waals surface area contributed by atoms with E-state index in [-0.39, 0.29) is 1.05 Å². The summed E-state index contributed by atoms with van der Waals surface area (Å²) in [6.45, 7) is 0. The summed E-state index contributed by atoms with van der Waals surface area (Å²) in [5.74, 6) is 0. The summed E-state index contributed by atoms with van der Waals surface area (Å²) in [7, 11) is 0. The van der Waals surface area contributed by atoms with Gasteiger partial charge in [0.05, 0.1) is 0 Å². The highest BCUT2D eigenvalue weighted by atomic mass is 80.0. The minimum Gasteiger partial charge on any atom is -0.0876 e. The van der Waals surface area contributed by atoms with Crippen LogP contribution in [0.2, 0.25) is 0 Å². The van der Waals surface area contributed by atoms with Crippen LogP contribution in [-0.4, -0.2) is 1.05 Å². The Morgan fingerprint density at radius 3 is 1.53 bits per heavy atom. The van der Waals surface area contributed by atoms with Gasteiger partial charge in [-0.15, -0.1) is 0 Å². The van der Waals surface area contributed by atoms with E-state index in [0.717, 1.165) is 5.33 Å². The number of hydrogen-bond donors (Lipinski definition) is 0. The predicted molar refractivity (Wildman–Crippen MR) is 103 cm³/mol. The molecule has 19 heavy (non-hydrogen) atoms. The van der Waals surface area contributed by atoms with Gasteiger partial charge in [-0.3, -0.25) is 0 Å². The fourth-order valence-electron chi connectivity index (χ4n) is 1.42. The van der Waals surface area contributed by atoms with Gasteiger partial charge in [-0.05, 0) is 80.4 Å². The molecule has 0 aliphatic rings. The Kier molecular flexibility index (Phi) is 8.46. The van der Waals surface area contributed by atoms with Crippen LogP contribution < -0.4 is 0 Å². The fourth-order valence-corrected chi connectivity index (χ4v) is 1.79. The summed E-state index contributed by atoms with van der Waals surface area (Å²) < 4.78 is -0.250. The van der Waals surface area contributed by atoms with Crippen molar-refractivity contribution in [3.63, 3.8) is 0 Å². The zero-order chi connectivity index (χ0) is 14.3. The second-order valence-electron chi connectivity index (χ2n) is 3.63. The highest BCUT2D eigenvalue weighted by Gasteiger charge is 2.08. The van der Waals surface area contributed by atoms with Gasteiger partial charge in [-0.25, -0.2) is 0 Å². The van der Waals surface area contributed by atoms with Crippen molar-refractivity contribution in [1.29, 1.82) is 0 Å². The van der Waals surface area contributed by atoms with Crippen LogP contribution in [0.3, 0.4) is 0 Å². The van der Waals surface area contributed by atoms with Crippen molar-refractivity contribution < 1.29 is 0 Å². The lowest BCUT2D eigenvalue weighted by Gasteiger charge is -2.01. The van der Waals surface area contributed by atoms with E-state index in [1.54, 1.807) is 0 Å². The van der Waals surface area contributed by atoms with Gasteiger partial charge >= 0.3 is 0 Å². The summed E-state index contributed by atoms with van der Waals surface area (Å²) in [6, 6.07) is 19.0. The van der Waals surface area contributed by atoms with Crippen molar-refractivity contribution in [3.8, 4) is 11.1 Å². The molecule has 0 aliphatic heterocycles. The lowest BCUT2D eigenvalue weighted by molar-refractivity contribution is 1.44. The van der Waals surface area contributed by atoms with Crippen molar-refractivity contribution in [1.82, 2.24) is 0 Å². The van der Waals surface area contributed by atoms with Crippen molar-refractivity contribution in [2.24, 2.45) is 0 Å². The number of alkyl halides is 5. The first-order valence-corrected chi connectivity index (χ1v) is 9.65. The molecule has 0 aromatic heterocycles. The molecule has 0 aliphatic carbocycles. The minimum absolute atomic E-state index is 0.250. The van der Waals surface area contributed by atoms with Crippen LogP contribution >= 0.6 is 79.6 Å². The quantitative estimate of drug-likeness (QED) is 0.325. The maximum atomic E-state index is 3.44. The van der Waals surface area contributed by atoms with Crippen LogP contribution in [0.25, 0.3) is 11.1 Å². The highest BCUT2D eigenvalue weighted by molar-refractivity contribution is 9.52. The van der Waals surface area contributed by atoms with Gasteiger partial charge in [-0.1, -0.05) is 70.5 Å². The van der Waals surface area contributed by atoms with Gasteiger partial charge in [0.15, 0.2) is 1.05 Å².